The lowest BCUT2D eigenvalue weighted by Gasteiger charge is -2.27. The van der Waals surface area contributed by atoms with E-state index in [0.29, 0.717) is 12.5 Å². The maximum atomic E-state index is 11.0. The quantitative estimate of drug-likeness (QED) is 0.128. The van der Waals surface area contributed by atoms with E-state index in [1.807, 2.05) is 6.07 Å². The molecule has 0 aliphatic carbocycles. The minimum atomic E-state index is -0.744. The van der Waals surface area contributed by atoms with Crippen LogP contribution in [0.4, 0.5) is 0 Å². The highest BCUT2D eigenvalue weighted by molar-refractivity contribution is 5.54. The smallest absolute Gasteiger partial charge is 0.127 e. The van der Waals surface area contributed by atoms with Crippen molar-refractivity contribution >= 4 is 0 Å². The molecule has 46 heavy (non-hydrogen) atoms. The van der Waals surface area contributed by atoms with Crippen LogP contribution in [0.1, 0.15) is 84.4 Å². The zero-order valence-corrected chi connectivity index (χ0v) is 27.7. The molecule has 4 unspecified atom stereocenters. The minimum absolute atomic E-state index is 0.0908. The molecule has 0 amide bonds. The summed E-state index contributed by atoms with van der Waals surface area (Å²) in [6, 6.07) is 47.0. The summed E-state index contributed by atoms with van der Waals surface area (Å²) in [5, 5.41) is 11.0. The summed E-state index contributed by atoms with van der Waals surface area (Å²) < 4.78 is 12.7. The van der Waals surface area contributed by atoms with Gasteiger partial charge >= 0.3 is 0 Å². The van der Waals surface area contributed by atoms with Crippen LogP contribution < -0.4 is 4.74 Å². The molecule has 0 saturated carbocycles. The van der Waals surface area contributed by atoms with E-state index in [9.17, 15) is 5.11 Å². The van der Waals surface area contributed by atoms with Crippen LogP contribution in [-0.4, -0.2) is 31.0 Å². The highest BCUT2D eigenvalue weighted by Gasteiger charge is 2.25. The number of ether oxygens (including phenoxy) is 2. The van der Waals surface area contributed by atoms with E-state index in [-0.39, 0.29) is 31.0 Å². The molecule has 5 aromatic rings. The Hall–Kier alpha value is -4.18. The molecule has 5 rings (SSSR count). The Labute approximate surface area is 275 Å². The first-order chi connectivity index (χ1) is 22.4. The van der Waals surface area contributed by atoms with Gasteiger partial charge in [0.1, 0.15) is 18.5 Å². The fourth-order valence-corrected chi connectivity index (χ4v) is 6.24. The van der Waals surface area contributed by atoms with Gasteiger partial charge < -0.3 is 14.6 Å². The van der Waals surface area contributed by atoms with Crippen LogP contribution in [0.5, 0.6) is 5.75 Å². The third-order valence-electron chi connectivity index (χ3n) is 9.06. The third-order valence-corrected chi connectivity index (χ3v) is 9.06. The van der Waals surface area contributed by atoms with E-state index >= 15 is 0 Å². The van der Waals surface area contributed by atoms with Gasteiger partial charge in [0.25, 0.3) is 0 Å². The molecule has 0 aromatic heterocycles. The molecular weight excluding hydrogens is 564 g/mol. The number of aliphatic hydroxyl groups is 1. The number of hydrogen-bond acceptors (Lipinski definition) is 3. The molecule has 3 heteroatoms. The lowest BCUT2D eigenvalue weighted by Crippen LogP contribution is -2.26. The Morgan fingerprint density at radius 1 is 0.500 bits per heavy atom. The summed E-state index contributed by atoms with van der Waals surface area (Å²) in [6.07, 6.45) is 0.203. The minimum Gasteiger partial charge on any atom is -0.490 e. The van der Waals surface area contributed by atoms with Crippen molar-refractivity contribution in [2.75, 3.05) is 19.8 Å². The molecule has 0 bridgehead atoms. The topological polar surface area (TPSA) is 38.7 Å². The Bertz CT molecular complexity index is 1540. The standard InChI is InChI=1S/C43H48O3/c1-31(25-35-17-9-5-10-18-35)28-45-29-40(44)30-46-43-41(33(3)37-21-13-7-14-22-37)26-39(32(2)36-19-11-6-12-20-36)27-42(43)34(4)38-23-15-8-16-24-38/h5-24,26-27,31-34,40,44H,25,28-30H2,1-4H3/t31-,32?,33?,34?,40?/m1/s1. The highest BCUT2D eigenvalue weighted by Crippen LogP contribution is 2.42. The fourth-order valence-electron chi connectivity index (χ4n) is 6.24. The van der Waals surface area contributed by atoms with E-state index in [2.05, 4.69) is 155 Å². The maximum absolute atomic E-state index is 11.0. The van der Waals surface area contributed by atoms with E-state index in [0.717, 1.165) is 23.3 Å². The second kappa shape index (κ2) is 16.4. The van der Waals surface area contributed by atoms with Crippen LogP contribution in [-0.2, 0) is 11.2 Å². The number of benzene rings is 5. The van der Waals surface area contributed by atoms with Gasteiger partial charge in [0, 0.05) is 35.5 Å². The van der Waals surface area contributed by atoms with Crippen molar-refractivity contribution in [3.8, 4) is 5.75 Å². The molecule has 0 heterocycles. The van der Waals surface area contributed by atoms with Crippen LogP contribution in [0.2, 0.25) is 0 Å². The summed E-state index contributed by atoms with van der Waals surface area (Å²) in [5.41, 5.74) is 8.56. The van der Waals surface area contributed by atoms with E-state index in [1.165, 1.54) is 27.8 Å². The second-order valence-corrected chi connectivity index (χ2v) is 12.7. The summed E-state index contributed by atoms with van der Waals surface area (Å²) in [6.45, 7) is 9.93. The van der Waals surface area contributed by atoms with Gasteiger partial charge in [0.15, 0.2) is 0 Å². The molecule has 1 N–H and O–H groups in total. The summed E-state index contributed by atoms with van der Waals surface area (Å²) >= 11 is 0. The van der Waals surface area contributed by atoms with Gasteiger partial charge in [-0.2, -0.15) is 0 Å². The Morgan fingerprint density at radius 2 is 0.935 bits per heavy atom. The second-order valence-electron chi connectivity index (χ2n) is 12.7. The van der Waals surface area contributed by atoms with Crippen molar-refractivity contribution in [2.24, 2.45) is 5.92 Å². The Balaban J connectivity index is 1.43. The first-order valence-electron chi connectivity index (χ1n) is 16.7. The van der Waals surface area contributed by atoms with Crippen LogP contribution in [0, 0.1) is 5.92 Å². The average Bonchev–Trinajstić information content (AvgIpc) is 3.11. The molecular formula is C43H48O3. The number of aliphatic hydroxyl groups excluding tert-OH is 1. The van der Waals surface area contributed by atoms with Gasteiger partial charge in [-0.05, 0) is 40.2 Å². The molecule has 5 atom stereocenters. The molecule has 238 valence electrons. The fraction of sp³-hybridized carbons (Fsp3) is 0.302. The van der Waals surface area contributed by atoms with E-state index < -0.39 is 6.10 Å². The van der Waals surface area contributed by atoms with Crippen molar-refractivity contribution in [1.82, 2.24) is 0 Å². The monoisotopic (exact) mass is 612 g/mol. The molecule has 0 aliphatic heterocycles. The lowest BCUT2D eigenvalue weighted by atomic mass is 9.81. The van der Waals surface area contributed by atoms with Gasteiger partial charge in [0.2, 0.25) is 0 Å². The maximum Gasteiger partial charge on any atom is 0.127 e. The predicted molar refractivity (Wildman–Crippen MR) is 190 cm³/mol. The van der Waals surface area contributed by atoms with Crippen LogP contribution >= 0.6 is 0 Å². The normalized spacial score (nSPS) is 14.6. The van der Waals surface area contributed by atoms with Crippen molar-refractivity contribution in [2.45, 2.75) is 58.0 Å². The SMILES string of the molecule is CC(c1ccccc1)c1cc(C(C)c2ccccc2)c(OCC(O)COC[C@H](C)Cc2ccccc2)c(C(C)c2ccccc2)c1. The van der Waals surface area contributed by atoms with Gasteiger partial charge in [-0.15, -0.1) is 0 Å². The molecule has 0 saturated heterocycles. The molecule has 0 spiro atoms. The molecule has 3 nitrogen and oxygen atoms in total. The summed E-state index contributed by atoms with van der Waals surface area (Å²) in [4.78, 5) is 0. The average molecular weight is 613 g/mol. The first-order valence-corrected chi connectivity index (χ1v) is 16.7. The highest BCUT2D eigenvalue weighted by atomic mass is 16.5. The molecule has 0 radical (unpaired) electrons. The first kappa shape index (κ1) is 33.2. The molecule has 5 aromatic carbocycles. The summed E-state index contributed by atoms with van der Waals surface area (Å²) in [7, 11) is 0. The Kier molecular flexibility index (Phi) is 11.8. The zero-order chi connectivity index (χ0) is 32.3. The predicted octanol–water partition coefficient (Wildman–Crippen LogP) is 9.78. The van der Waals surface area contributed by atoms with Crippen molar-refractivity contribution in [1.29, 1.82) is 0 Å². The third kappa shape index (κ3) is 8.75. The van der Waals surface area contributed by atoms with E-state index in [4.69, 9.17) is 9.47 Å². The lowest BCUT2D eigenvalue weighted by molar-refractivity contribution is 0.00194. The largest absolute Gasteiger partial charge is 0.490 e. The number of hydrogen-bond donors (Lipinski definition) is 1. The molecule has 0 aliphatic rings. The zero-order valence-electron chi connectivity index (χ0n) is 27.7. The van der Waals surface area contributed by atoms with Crippen LogP contribution in [0.3, 0.4) is 0 Å². The van der Waals surface area contributed by atoms with Gasteiger partial charge in [-0.1, -0.05) is 161 Å². The Morgan fingerprint density at radius 3 is 1.41 bits per heavy atom. The van der Waals surface area contributed by atoms with Crippen molar-refractivity contribution in [3.63, 3.8) is 0 Å². The van der Waals surface area contributed by atoms with Crippen molar-refractivity contribution in [3.05, 3.63) is 172 Å². The van der Waals surface area contributed by atoms with Gasteiger partial charge in [0.05, 0.1) is 6.61 Å². The van der Waals surface area contributed by atoms with Gasteiger partial charge in [-0.3, -0.25) is 0 Å². The van der Waals surface area contributed by atoms with E-state index in [1.54, 1.807) is 0 Å². The van der Waals surface area contributed by atoms with Crippen LogP contribution in [0.15, 0.2) is 133 Å². The number of rotatable bonds is 15. The van der Waals surface area contributed by atoms with Crippen LogP contribution in [0.25, 0.3) is 0 Å². The van der Waals surface area contributed by atoms with Crippen molar-refractivity contribution < 1.29 is 14.6 Å². The van der Waals surface area contributed by atoms with Gasteiger partial charge in [-0.25, -0.2) is 0 Å². The summed E-state index contributed by atoms with van der Waals surface area (Å²) in [5.74, 6) is 1.59. The molecule has 0 fully saturated rings.